The van der Waals surface area contributed by atoms with Gasteiger partial charge in [-0.25, -0.2) is 0 Å². The van der Waals surface area contributed by atoms with Gasteiger partial charge in [0.15, 0.2) is 5.75 Å². The van der Waals surface area contributed by atoms with E-state index >= 15 is 0 Å². The lowest BCUT2D eigenvalue weighted by molar-refractivity contribution is -0.181. The second-order valence-corrected chi connectivity index (χ2v) is 6.01. The molecule has 0 aromatic carbocycles. The zero-order chi connectivity index (χ0) is 13.8. The third-order valence-corrected chi connectivity index (χ3v) is 4.75. The molecule has 0 spiro atoms. The van der Waals surface area contributed by atoms with Crippen LogP contribution in [0.5, 0.6) is 5.75 Å². The first-order valence-corrected chi connectivity index (χ1v) is 6.94. The molecule has 0 radical (unpaired) electrons. The molecule has 2 amide bonds. The van der Waals surface area contributed by atoms with Crippen LogP contribution >= 0.6 is 11.3 Å². The summed E-state index contributed by atoms with van der Waals surface area (Å²) in [6.07, 6.45) is 0.809. The van der Waals surface area contributed by atoms with Crippen molar-refractivity contribution in [3.63, 3.8) is 0 Å². The van der Waals surface area contributed by atoms with Gasteiger partial charge in [0.05, 0.1) is 11.5 Å². The van der Waals surface area contributed by atoms with Gasteiger partial charge in [-0.3, -0.25) is 14.5 Å². The number of carbonyl (C=O) groups is 2. The van der Waals surface area contributed by atoms with Gasteiger partial charge in [0.25, 0.3) is 5.91 Å². The van der Waals surface area contributed by atoms with E-state index in [1.54, 1.807) is 5.06 Å². The van der Waals surface area contributed by atoms with Crippen LogP contribution in [0, 0.1) is 0 Å². The lowest BCUT2D eigenvalue weighted by Crippen LogP contribution is -2.61. The predicted molar refractivity (Wildman–Crippen MR) is 70.3 cm³/mol. The van der Waals surface area contributed by atoms with Crippen LogP contribution in [0.25, 0.3) is 0 Å². The Labute approximate surface area is 114 Å². The first-order valence-electron chi connectivity index (χ1n) is 6.06. The molecule has 1 aromatic heterocycles. The Morgan fingerprint density at radius 3 is 2.89 bits per heavy atom. The Morgan fingerprint density at radius 1 is 1.47 bits per heavy atom. The zero-order valence-corrected chi connectivity index (χ0v) is 11.6. The van der Waals surface area contributed by atoms with Gasteiger partial charge in [-0.2, -0.15) is 0 Å². The number of imide groups is 1. The number of likely N-dealkylation sites (tertiary alicyclic amines) is 1. The van der Waals surface area contributed by atoms with Gasteiger partial charge in [0.1, 0.15) is 5.54 Å². The van der Waals surface area contributed by atoms with E-state index < -0.39 is 5.54 Å². The molecule has 0 unspecified atom stereocenters. The van der Waals surface area contributed by atoms with Crippen LogP contribution in [0.2, 0.25) is 0 Å². The Kier molecular flexibility index (Phi) is 2.58. The molecular weight excluding hydrogens is 266 g/mol. The number of nitrogens with zero attached hydrogens (tertiary/aromatic N) is 2. The number of likely N-dealkylation sites (N-methyl/N-ethyl adjacent to an activating group) is 1. The highest BCUT2D eigenvalue weighted by atomic mass is 32.1. The van der Waals surface area contributed by atoms with Gasteiger partial charge in [0.2, 0.25) is 5.91 Å². The third-order valence-electron chi connectivity index (χ3n) is 3.91. The smallest absolute Gasteiger partial charge is 0.252 e. The molecule has 0 bridgehead atoms. The number of thiophene rings is 1. The number of hydrogen-bond acceptors (Lipinski definition) is 6. The van der Waals surface area contributed by atoms with E-state index in [1.165, 1.54) is 23.3 Å². The SMILES string of the molecule is CN1C(=O)CC[C@@](C)(N2Cc3c(csc3N)O2)C1=O. The van der Waals surface area contributed by atoms with E-state index in [4.69, 9.17) is 10.6 Å². The summed E-state index contributed by atoms with van der Waals surface area (Å²) < 4.78 is 0. The Morgan fingerprint density at radius 2 is 2.21 bits per heavy atom. The average Bonchev–Trinajstić information content (AvgIpc) is 2.95. The van der Waals surface area contributed by atoms with E-state index in [1.807, 2.05) is 12.3 Å². The molecule has 2 N–H and O–H groups in total. The van der Waals surface area contributed by atoms with Gasteiger partial charge in [-0.15, -0.1) is 16.4 Å². The molecule has 1 saturated heterocycles. The molecule has 7 heteroatoms. The highest BCUT2D eigenvalue weighted by molar-refractivity contribution is 7.14. The second kappa shape index (κ2) is 3.94. The normalized spacial score (nSPS) is 27.6. The van der Waals surface area contributed by atoms with E-state index in [-0.39, 0.29) is 11.8 Å². The van der Waals surface area contributed by atoms with E-state index in [0.29, 0.717) is 24.4 Å². The third kappa shape index (κ3) is 1.65. The van der Waals surface area contributed by atoms with Crippen LogP contribution in [-0.4, -0.2) is 34.4 Å². The van der Waals surface area contributed by atoms with Crippen molar-refractivity contribution >= 4 is 28.2 Å². The fraction of sp³-hybridized carbons (Fsp3) is 0.500. The molecule has 3 heterocycles. The molecule has 102 valence electrons. The molecule has 3 rings (SSSR count). The van der Waals surface area contributed by atoms with E-state index in [0.717, 1.165) is 11.3 Å². The average molecular weight is 281 g/mol. The van der Waals surface area contributed by atoms with E-state index in [9.17, 15) is 9.59 Å². The Balaban J connectivity index is 1.87. The highest BCUT2D eigenvalue weighted by Crippen LogP contribution is 2.42. The van der Waals surface area contributed by atoms with Gasteiger partial charge >= 0.3 is 0 Å². The lowest BCUT2D eigenvalue weighted by atomic mass is 9.89. The summed E-state index contributed by atoms with van der Waals surface area (Å²) in [5, 5.41) is 4.20. The molecule has 0 aliphatic carbocycles. The number of nitrogens with two attached hydrogens (primary N) is 1. The molecule has 6 nitrogen and oxygen atoms in total. The highest BCUT2D eigenvalue weighted by Gasteiger charge is 2.50. The van der Waals surface area contributed by atoms with Gasteiger partial charge < -0.3 is 10.6 Å². The van der Waals surface area contributed by atoms with Crippen molar-refractivity contribution in [3.05, 3.63) is 10.9 Å². The summed E-state index contributed by atoms with van der Waals surface area (Å²) in [4.78, 5) is 30.8. The van der Waals surface area contributed by atoms with Crippen molar-refractivity contribution in [2.24, 2.45) is 0 Å². The molecule has 19 heavy (non-hydrogen) atoms. The zero-order valence-electron chi connectivity index (χ0n) is 10.8. The van der Waals surface area contributed by atoms with Gasteiger partial charge in [-0.1, -0.05) is 0 Å². The topological polar surface area (TPSA) is 75.9 Å². The molecule has 2 aliphatic rings. The maximum Gasteiger partial charge on any atom is 0.252 e. The maximum atomic E-state index is 12.4. The van der Waals surface area contributed by atoms with E-state index in [2.05, 4.69) is 0 Å². The molecule has 1 aromatic rings. The molecule has 1 fully saturated rings. The summed E-state index contributed by atoms with van der Waals surface area (Å²) in [5.41, 5.74) is 5.99. The van der Waals surface area contributed by atoms with Crippen molar-refractivity contribution < 1.29 is 14.4 Å². The van der Waals surface area contributed by atoms with Gasteiger partial charge in [-0.05, 0) is 13.3 Å². The number of hydrogen-bond donors (Lipinski definition) is 1. The number of fused-ring (bicyclic) bond motifs is 1. The van der Waals surface area contributed by atoms with Crippen molar-refractivity contribution in [2.75, 3.05) is 12.8 Å². The summed E-state index contributed by atoms with van der Waals surface area (Å²) in [6.45, 7) is 2.29. The maximum absolute atomic E-state index is 12.4. The fourth-order valence-electron chi connectivity index (χ4n) is 2.51. The first-order chi connectivity index (χ1) is 8.93. The van der Waals surface area contributed by atoms with Crippen LogP contribution in [-0.2, 0) is 16.1 Å². The van der Waals surface area contributed by atoms with Crippen LogP contribution in [0.4, 0.5) is 5.00 Å². The number of carbonyl (C=O) groups excluding carboxylic acids is 2. The first kappa shape index (κ1) is 12.4. The minimum atomic E-state index is -0.814. The number of anilines is 1. The fourth-order valence-corrected chi connectivity index (χ4v) is 3.24. The molecule has 0 saturated carbocycles. The lowest BCUT2D eigenvalue weighted by Gasteiger charge is -2.40. The van der Waals surface area contributed by atoms with Crippen LogP contribution in [0.3, 0.4) is 0 Å². The van der Waals surface area contributed by atoms with Crippen molar-refractivity contribution in [2.45, 2.75) is 31.8 Å². The largest absolute Gasteiger partial charge is 0.403 e. The Bertz CT molecular complexity index is 571. The number of amides is 2. The molecular formula is C12H15N3O3S. The summed E-state index contributed by atoms with van der Waals surface area (Å²) >= 11 is 1.43. The summed E-state index contributed by atoms with van der Waals surface area (Å²) in [5.74, 6) is 0.350. The minimum Gasteiger partial charge on any atom is -0.403 e. The van der Waals surface area contributed by atoms with Gasteiger partial charge in [0, 0.05) is 24.4 Å². The van der Waals surface area contributed by atoms with Crippen LogP contribution in [0.15, 0.2) is 5.38 Å². The number of piperidine rings is 1. The standard InChI is InChI=1S/C12H15N3O3S/c1-12(4-3-9(16)14(2)11(12)17)15-5-7-8(18-15)6-19-10(7)13/h6H,3-5,13H2,1-2H3/t12-/m1/s1. The van der Waals surface area contributed by atoms with Crippen molar-refractivity contribution in [1.29, 1.82) is 0 Å². The van der Waals surface area contributed by atoms with Crippen LogP contribution in [0.1, 0.15) is 25.3 Å². The molecule has 2 aliphatic heterocycles. The molecule has 1 atom stereocenters. The van der Waals surface area contributed by atoms with Crippen molar-refractivity contribution in [1.82, 2.24) is 9.96 Å². The minimum absolute atomic E-state index is 0.143. The van der Waals surface area contributed by atoms with Crippen LogP contribution < -0.4 is 10.6 Å². The Hall–Kier alpha value is -1.60. The monoisotopic (exact) mass is 281 g/mol. The summed E-state index contributed by atoms with van der Waals surface area (Å²) in [6, 6.07) is 0. The second-order valence-electron chi connectivity index (χ2n) is 5.10. The predicted octanol–water partition coefficient (Wildman–Crippen LogP) is 0.977. The number of rotatable bonds is 1. The quantitative estimate of drug-likeness (QED) is 0.776. The van der Waals surface area contributed by atoms with Crippen molar-refractivity contribution in [3.8, 4) is 5.75 Å². The summed E-state index contributed by atoms with van der Waals surface area (Å²) in [7, 11) is 1.52. The number of hydroxylamine groups is 2. The number of nitrogen functional groups attached to an aromatic ring is 1.